The van der Waals surface area contributed by atoms with Crippen LogP contribution in [-0.2, 0) is 9.53 Å². The fourth-order valence-electron chi connectivity index (χ4n) is 3.21. The standard InChI is InChI=1S/C19H21N5O2/c1-19(12-20-4-5-26-19)8-18(25)24-17-7-15-6-13(16-10-22-23-11-16)2-3-14(15)9-21-17/h2-3,6-7,9-11,20H,4-5,8,12H2,1H3,(H,22,23)(H,21,24,25). The predicted octanol–water partition coefficient (Wildman–Crippen LogP) is 2.33. The van der Waals surface area contributed by atoms with Crippen molar-refractivity contribution in [3.05, 3.63) is 42.9 Å². The molecule has 0 bridgehead atoms. The Morgan fingerprint density at radius 1 is 1.27 bits per heavy atom. The second-order valence-corrected chi connectivity index (χ2v) is 6.82. The Bertz CT molecular complexity index is 917. The minimum absolute atomic E-state index is 0.103. The van der Waals surface area contributed by atoms with Gasteiger partial charge in [0.25, 0.3) is 0 Å². The second kappa shape index (κ2) is 6.86. The largest absolute Gasteiger partial charge is 0.372 e. The van der Waals surface area contributed by atoms with Crippen molar-refractivity contribution in [3.8, 4) is 11.1 Å². The van der Waals surface area contributed by atoms with Gasteiger partial charge in [-0.25, -0.2) is 4.98 Å². The van der Waals surface area contributed by atoms with Gasteiger partial charge in [0.05, 0.1) is 24.8 Å². The van der Waals surface area contributed by atoms with Gasteiger partial charge in [-0.1, -0.05) is 12.1 Å². The van der Waals surface area contributed by atoms with Gasteiger partial charge >= 0.3 is 0 Å². The average molecular weight is 351 g/mol. The smallest absolute Gasteiger partial charge is 0.228 e. The summed E-state index contributed by atoms with van der Waals surface area (Å²) in [5.74, 6) is 0.438. The van der Waals surface area contributed by atoms with Gasteiger partial charge in [0.1, 0.15) is 5.82 Å². The van der Waals surface area contributed by atoms with Gasteiger partial charge in [-0.3, -0.25) is 9.89 Å². The number of ether oxygens (including phenoxy) is 1. The van der Waals surface area contributed by atoms with E-state index >= 15 is 0 Å². The van der Waals surface area contributed by atoms with E-state index in [0.29, 0.717) is 19.0 Å². The maximum Gasteiger partial charge on any atom is 0.228 e. The fraction of sp³-hybridized carbons (Fsp3) is 0.316. The Morgan fingerprint density at radius 2 is 2.19 bits per heavy atom. The molecule has 7 heteroatoms. The maximum atomic E-state index is 12.4. The first-order valence-corrected chi connectivity index (χ1v) is 8.65. The number of aromatic nitrogens is 3. The molecule has 1 fully saturated rings. The minimum atomic E-state index is -0.479. The molecule has 4 rings (SSSR count). The minimum Gasteiger partial charge on any atom is -0.372 e. The molecule has 0 saturated carbocycles. The molecule has 3 aromatic rings. The molecule has 26 heavy (non-hydrogen) atoms. The number of carbonyl (C=O) groups is 1. The summed E-state index contributed by atoms with van der Waals surface area (Å²) in [4.78, 5) is 16.8. The second-order valence-electron chi connectivity index (χ2n) is 6.82. The predicted molar refractivity (Wildman–Crippen MR) is 99.8 cm³/mol. The van der Waals surface area contributed by atoms with Crippen LogP contribution in [0.3, 0.4) is 0 Å². The topological polar surface area (TPSA) is 91.9 Å². The number of amides is 1. The average Bonchev–Trinajstić information content (AvgIpc) is 3.16. The molecule has 1 unspecified atom stereocenters. The highest BCUT2D eigenvalue weighted by Crippen LogP contribution is 2.25. The number of hydrogen-bond donors (Lipinski definition) is 3. The van der Waals surface area contributed by atoms with Crippen LogP contribution in [0.25, 0.3) is 21.9 Å². The summed E-state index contributed by atoms with van der Waals surface area (Å²) < 4.78 is 5.75. The fourth-order valence-corrected chi connectivity index (χ4v) is 3.21. The van der Waals surface area contributed by atoms with Gasteiger partial charge in [-0.15, -0.1) is 0 Å². The lowest BCUT2D eigenvalue weighted by Gasteiger charge is -2.33. The van der Waals surface area contributed by atoms with Crippen LogP contribution in [0.15, 0.2) is 42.9 Å². The van der Waals surface area contributed by atoms with Crippen LogP contribution in [0.2, 0.25) is 0 Å². The number of pyridine rings is 1. The number of rotatable bonds is 4. The Labute approximate surface area is 151 Å². The quantitative estimate of drug-likeness (QED) is 0.671. The number of hydrogen-bond acceptors (Lipinski definition) is 5. The van der Waals surface area contributed by atoms with E-state index in [0.717, 1.165) is 28.4 Å². The summed E-state index contributed by atoms with van der Waals surface area (Å²) >= 11 is 0. The molecule has 0 radical (unpaired) electrons. The summed E-state index contributed by atoms with van der Waals surface area (Å²) in [6, 6.07) is 7.99. The molecule has 1 atom stereocenters. The number of aromatic amines is 1. The van der Waals surface area contributed by atoms with Crippen molar-refractivity contribution in [2.24, 2.45) is 0 Å². The van der Waals surface area contributed by atoms with Crippen molar-refractivity contribution in [2.45, 2.75) is 18.9 Å². The Morgan fingerprint density at radius 3 is 2.96 bits per heavy atom. The first-order valence-electron chi connectivity index (χ1n) is 8.65. The number of nitrogens with zero attached hydrogens (tertiary/aromatic N) is 2. The number of morpholine rings is 1. The summed E-state index contributed by atoms with van der Waals surface area (Å²) in [5, 5.41) is 15.0. The Balaban J connectivity index is 1.52. The lowest BCUT2D eigenvalue weighted by atomic mass is 10.0. The number of H-pyrrole nitrogens is 1. The summed E-state index contributed by atoms with van der Waals surface area (Å²) in [6.45, 7) is 4.06. The van der Waals surface area contributed by atoms with Gasteiger partial charge in [0.15, 0.2) is 0 Å². The van der Waals surface area contributed by atoms with Gasteiger partial charge in [-0.05, 0) is 30.0 Å². The van der Waals surface area contributed by atoms with Crippen LogP contribution in [-0.4, -0.2) is 46.4 Å². The molecule has 7 nitrogen and oxygen atoms in total. The highest BCUT2D eigenvalue weighted by atomic mass is 16.5. The molecule has 1 aromatic carbocycles. The van der Waals surface area contributed by atoms with Crippen molar-refractivity contribution >= 4 is 22.5 Å². The SMILES string of the molecule is CC1(CC(=O)Nc2cc3cc(-c4cn[nH]c4)ccc3cn2)CNCCO1. The van der Waals surface area contributed by atoms with E-state index in [9.17, 15) is 4.79 Å². The Hall–Kier alpha value is -2.77. The molecule has 1 aliphatic heterocycles. The highest BCUT2D eigenvalue weighted by molar-refractivity contribution is 5.94. The zero-order valence-electron chi connectivity index (χ0n) is 14.6. The Kier molecular flexibility index (Phi) is 4.40. The first-order chi connectivity index (χ1) is 12.6. The van der Waals surface area contributed by atoms with E-state index in [1.165, 1.54) is 0 Å². The van der Waals surface area contributed by atoms with Crippen LogP contribution in [0.5, 0.6) is 0 Å². The monoisotopic (exact) mass is 351 g/mol. The summed E-state index contributed by atoms with van der Waals surface area (Å²) in [5.41, 5.74) is 1.60. The van der Waals surface area contributed by atoms with Gasteiger partial charge in [0.2, 0.25) is 5.91 Å². The number of fused-ring (bicyclic) bond motifs is 1. The van der Waals surface area contributed by atoms with Gasteiger partial charge < -0.3 is 15.4 Å². The molecule has 0 aliphatic carbocycles. The number of anilines is 1. The number of carbonyl (C=O) groups excluding carboxylic acids is 1. The third kappa shape index (κ3) is 3.58. The highest BCUT2D eigenvalue weighted by Gasteiger charge is 2.30. The first kappa shape index (κ1) is 16.7. The lowest BCUT2D eigenvalue weighted by molar-refractivity contribution is -0.125. The van der Waals surface area contributed by atoms with E-state index in [4.69, 9.17) is 4.74 Å². The molecule has 3 heterocycles. The maximum absolute atomic E-state index is 12.4. The zero-order valence-corrected chi connectivity index (χ0v) is 14.6. The normalized spacial score (nSPS) is 20.2. The molecule has 1 aliphatic rings. The van der Waals surface area contributed by atoms with E-state index in [-0.39, 0.29) is 12.3 Å². The van der Waals surface area contributed by atoms with Crippen molar-refractivity contribution in [2.75, 3.05) is 25.0 Å². The summed E-state index contributed by atoms with van der Waals surface area (Å²) in [6.07, 6.45) is 5.69. The van der Waals surface area contributed by atoms with Crippen LogP contribution in [0.1, 0.15) is 13.3 Å². The number of benzene rings is 1. The third-order valence-electron chi connectivity index (χ3n) is 4.58. The molecule has 1 saturated heterocycles. The van der Waals surface area contributed by atoms with Gasteiger partial charge in [0, 0.05) is 36.4 Å². The van der Waals surface area contributed by atoms with Crippen LogP contribution < -0.4 is 10.6 Å². The molecule has 134 valence electrons. The lowest BCUT2D eigenvalue weighted by Crippen LogP contribution is -2.49. The van der Waals surface area contributed by atoms with Gasteiger partial charge in [-0.2, -0.15) is 5.10 Å². The third-order valence-corrected chi connectivity index (χ3v) is 4.58. The van der Waals surface area contributed by atoms with Crippen molar-refractivity contribution in [3.63, 3.8) is 0 Å². The molecule has 0 spiro atoms. The van der Waals surface area contributed by atoms with Crippen molar-refractivity contribution in [1.82, 2.24) is 20.5 Å². The van der Waals surface area contributed by atoms with Crippen LogP contribution in [0, 0.1) is 0 Å². The molecular formula is C19H21N5O2. The van der Waals surface area contributed by atoms with E-state index in [1.54, 1.807) is 12.4 Å². The molecular weight excluding hydrogens is 330 g/mol. The molecule has 2 aromatic heterocycles. The van der Waals surface area contributed by atoms with Crippen molar-refractivity contribution in [1.29, 1.82) is 0 Å². The van der Waals surface area contributed by atoms with E-state index < -0.39 is 5.60 Å². The summed E-state index contributed by atoms with van der Waals surface area (Å²) in [7, 11) is 0. The zero-order chi connectivity index (χ0) is 18.0. The number of nitrogens with one attached hydrogen (secondary N) is 3. The van der Waals surface area contributed by atoms with Crippen LogP contribution in [0.4, 0.5) is 5.82 Å². The molecule has 3 N–H and O–H groups in total. The molecule has 1 amide bonds. The van der Waals surface area contributed by atoms with Crippen molar-refractivity contribution < 1.29 is 9.53 Å². The van der Waals surface area contributed by atoms with E-state index in [2.05, 4.69) is 31.9 Å². The van der Waals surface area contributed by atoms with E-state index in [1.807, 2.05) is 31.3 Å². The van der Waals surface area contributed by atoms with Crippen LogP contribution >= 0.6 is 0 Å².